The summed E-state index contributed by atoms with van der Waals surface area (Å²) in [6, 6.07) is 17.2. The Kier molecular flexibility index (Phi) is 6.90. The Morgan fingerprint density at radius 1 is 0.964 bits per heavy atom. The van der Waals surface area contributed by atoms with Crippen molar-refractivity contribution in [3.05, 3.63) is 59.6 Å². The van der Waals surface area contributed by atoms with Crippen LogP contribution in [0.3, 0.4) is 0 Å². The van der Waals surface area contributed by atoms with E-state index in [1.165, 1.54) is 5.69 Å². The number of rotatable bonds is 6. The zero-order valence-corrected chi connectivity index (χ0v) is 16.7. The number of hydrogen-bond acceptors (Lipinski definition) is 4. The largest absolute Gasteiger partial charge is 0.368 e. The van der Waals surface area contributed by atoms with Crippen molar-refractivity contribution in [2.45, 2.75) is 0 Å². The second-order valence-electron chi connectivity index (χ2n) is 6.93. The lowest BCUT2D eigenvalue weighted by molar-refractivity contribution is -0.132. The van der Waals surface area contributed by atoms with Gasteiger partial charge in [0.05, 0.1) is 13.1 Å². The summed E-state index contributed by atoms with van der Waals surface area (Å²) < 4.78 is 0. The summed E-state index contributed by atoms with van der Waals surface area (Å²) in [4.78, 5) is 30.6. The van der Waals surface area contributed by atoms with Gasteiger partial charge in [-0.2, -0.15) is 0 Å². The average molecular weight is 401 g/mol. The quantitative estimate of drug-likeness (QED) is 0.809. The van der Waals surface area contributed by atoms with Crippen LogP contribution in [0.25, 0.3) is 0 Å². The second kappa shape index (κ2) is 9.57. The van der Waals surface area contributed by atoms with E-state index < -0.39 is 0 Å². The van der Waals surface area contributed by atoms with E-state index in [9.17, 15) is 9.59 Å². The molecule has 1 fully saturated rings. The monoisotopic (exact) mass is 400 g/mol. The second-order valence-corrected chi connectivity index (χ2v) is 7.37. The molecular formula is C21H25ClN4O2. The van der Waals surface area contributed by atoms with Gasteiger partial charge in [-0.1, -0.05) is 29.8 Å². The lowest BCUT2D eigenvalue weighted by atomic mass is 10.2. The first-order chi connectivity index (χ1) is 13.5. The molecule has 148 valence electrons. The van der Waals surface area contributed by atoms with Gasteiger partial charge in [0, 0.05) is 42.6 Å². The van der Waals surface area contributed by atoms with Crippen molar-refractivity contribution < 1.29 is 9.59 Å². The molecule has 1 N–H and O–H groups in total. The fraction of sp³-hybridized carbons (Fsp3) is 0.333. The number of carbonyl (C=O) groups is 2. The van der Waals surface area contributed by atoms with Gasteiger partial charge in [-0.05, 0) is 43.4 Å². The molecule has 0 saturated carbocycles. The normalized spacial score (nSPS) is 14.2. The highest BCUT2D eigenvalue weighted by molar-refractivity contribution is 6.30. The number of nitrogens with one attached hydrogen (secondary N) is 1. The van der Waals surface area contributed by atoms with E-state index in [0.29, 0.717) is 23.8 Å². The summed E-state index contributed by atoms with van der Waals surface area (Å²) in [7, 11) is 1.78. The Labute approximate surface area is 170 Å². The number of likely N-dealkylation sites (N-methyl/N-ethyl adjacent to an activating group) is 1. The van der Waals surface area contributed by atoms with Crippen molar-refractivity contribution in [2.75, 3.05) is 56.5 Å². The van der Waals surface area contributed by atoms with E-state index in [1.54, 1.807) is 36.2 Å². The summed E-state index contributed by atoms with van der Waals surface area (Å²) >= 11 is 5.84. The first-order valence-corrected chi connectivity index (χ1v) is 9.71. The zero-order chi connectivity index (χ0) is 19.9. The van der Waals surface area contributed by atoms with Crippen LogP contribution in [0.15, 0.2) is 54.6 Å². The SMILES string of the molecule is CN(CC(=O)Nc1ccc(Cl)cc1)CC(=O)N1CCN(c2ccccc2)CC1. The summed E-state index contributed by atoms with van der Waals surface area (Å²) in [6.45, 7) is 3.39. The number of carbonyl (C=O) groups excluding carboxylic acids is 2. The molecule has 3 rings (SSSR count). The molecule has 6 nitrogen and oxygen atoms in total. The molecule has 1 aliphatic heterocycles. The molecule has 0 unspecified atom stereocenters. The predicted octanol–water partition coefficient (Wildman–Crippen LogP) is 2.56. The molecule has 1 heterocycles. The summed E-state index contributed by atoms with van der Waals surface area (Å²) in [5.41, 5.74) is 1.87. The van der Waals surface area contributed by atoms with Crippen LogP contribution >= 0.6 is 11.6 Å². The smallest absolute Gasteiger partial charge is 0.238 e. The highest BCUT2D eigenvalue weighted by atomic mass is 35.5. The molecule has 2 aromatic carbocycles. The Morgan fingerprint density at radius 3 is 2.25 bits per heavy atom. The Balaban J connectivity index is 1.41. The Bertz CT molecular complexity index is 790. The van der Waals surface area contributed by atoms with E-state index in [-0.39, 0.29) is 24.9 Å². The van der Waals surface area contributed by atoms with Crippen molar-refractivity contribution in [1.82, 2.24) is 9.80 Å². The fourth-order valence-electron chi connectivity index (χ4n) is 3.22. The van der Waals surface area contributed by atoms with Crippen LogP contribution in [0.5, 0.6) is 0 Å². The Morgan fingerprint density at radius 2 is 1.61 bits per heavy atom. The maximum absolute atomic E-state index is 12.5. The van der Waals surface area contributed by atoms with Crippen molar-refractivity contribution in [3.8, 4) is 0 Å². The molecule has 1 aliphatic rings. The van der Waals surface area contributed by atoms with Crippen molar-refractivity contribution >= 4 is 34.8 Å². The molecule has 0 atom stereocenters. The van der Waals surface area contributed by atoms with Crippen LogP contribution in [0.2, 0.25) is 5.02 Å². The molecule has 28 heavy (non-hydrogen) atoms. The van der Waals surface area contributed by atoms with Crippen molar-refractivity contribution in [3.63, 3.8) is 0 Å². The molecule has 2 amide bonds. The van der Waals surface area contributed by atoms with Gasteiger partial charge in [-0.15, -0.1) is 0 Å². The highest BCUT2D eigenvalue weighted by Crippen LogP contribution is 2.16. The summed E-state index contributed by atoms with van der Waals surface area (Å²) in [5.74, 6) is -0.110. The van der Waals surface area contributed by atoms with Gasteiger partial charge in [-0.3, -0.25) is 14.5 Å². The first kappa shape index (κ1) is 20.2. The number of anilines is 2. The zero-order valence-electron chi connectivity index (χ0n) is 16.0. The lowest BCUT2D eigenvalue weighted by Gasteiger charge is -2.36. The third-order valence-corrected chi connectivity index (χ3v) is 4.95. The van der Waals surface area contributed by atoms with E-state index in [2.05, 4.69) is 22.3 Å². The number of nitrogens with zero attached hydrogens (tertiary/aromatic N) is 3. The van der Waals surface area contributed by atoms with Gasteiger partial charge in [0.25, 0.3) is 0 Å². The van der Waals surface area contributed by atoms with Crippen LogP contribution in [-0.2, 0) is 9.59 Å². The first-order valence-electron chi connectivity index (χ1n) is 9.33. The minimum Gasteiger partial charge on any atom is -0.368 e. The van der Waals surface area contributed by atoms with Gasteiger partial charge in [0.2, 0.25) is 11.8 Å². The van der Waals surface area contributed by atoms with Crippen LogP contribution in [0, 0.1) is 0 Å². The summed E-state index contributed by atoms with van der Waals surface area (Å²) in [6.07, 6.45) is 0. The number of benzene rings is 2. The van der Waals surface area contributed by atoms with Gasteiger partial charge in [-0.25, -0.2) is 0 Å². The van der Waals surface area contributed by atoms with E-state index in [1.807, 2.05) is 23.1 Å². The van der Waals surface area contributed by atoms with Crippen LogP contribution in [0.1, 0.15) is 0 Å². The maximum atomic E-state index is 12.5. The molecule has 0 aromatic heterocycles. The third-order valence-electron chi connectivity index (χ3n) is 4.70. The molecule has 7 heteroatoms. The van der Waals surface area contributed by atoms with Crippen molar-refractivity contribution in [1.29, 1.82) is 0 Å². The minimum absolute atomic E-state index is 0.0505. The molecule has 0 aliphatic carbocycles. The molecule has 2 aromatic rings. The van der Waals surface area contributed by atoms with Gasteiger partial charge in [0.1, 0.15) is 0 Å². The molecule has 0 spiro atoms. The number of piperazine rings is 1. The standard InChI is InChI=1S/C21H25ClN4O2/c1-24(15-20(27)23-18-9-7-17(22)8-10-18)16-21(28)26-13-11-25(12-14-26)19-5-3-2-4-6-19/h2-10H,11-16H2,1H3,(H,23,27). The maximum Gasteiger partial charge on any atom is 0.238 e. The number of hydrogen-bond donors (Lipinski definition) is 1. The van der Waals surface area contributed by atoms with Crippen LogP contribution in [-0.4, -0.2) is 67.9 Å². The van der Waals surface area contributed by atoms with Crippen LogP contribution < -0.4 is 10.2 Å². The van der Waals surface area contributed by atoms with E-state index >= 15 is 0 Å². The van der Waals surface area contributed by atoms with Gasteiger partial charge >= 0.3 is 0 Å². The van der Waals surface area contributed by atoms with Gasteiger partial charge < -0.3 is 15.1 Å². The van der Waals surface area contributed by atoms with E-state index in [4.69, 9.17) is 11.6 Å². The fourth-order valence-corrected chi connectivity index (χ4v) is 3.34. The average Bonchev–Trinajstić information content (AvgIpc) is 2.70. The number of amides is 2. The van der Waals surface area contributed by atoms with Crippen molar-refractivity contribution in [2.24, 2.45) is 0 Å². The number of halogens is 1. The van der Waals surface area contributed by atoms with Gasteiger partial charge in [0.15, 0.2) is 0 Å². The van der Waals surface area contributed by atoms with E-state index in [0.717, 1.165) is 13.1 Å². The highest BCUT2D eigenvalue weighted by Gasteiger charge is 2.22. The van der Waals surface area contributed by atoms with Crippen LogP contribution in [0.4, 0.5) is 11.4 Å². The lowest BCUT2D eigenvalue weighted by Crippen LogP contribution is -2.51. The molecule has 0 bridgehead atoms. The minimum atomic E-state index is -0.161. The Hall–Kier alpha value is -2.57. The molecule has 0 radical (unpaired) electrons. The molecular weight excluding hydrogens is 376 g/mol. The topological polar surface area (TPSA) is 55.9 Å². The third kappa shape index (κ3) is 5.71. The summed E-state index contributed by atoms with van der Waals surface area (Å²) in [5, 5.41) is 3.42. The predicted molar refractivity (Wildman–Crippen MR) is 113 cm³/mol. The number of para-hydroxylation sites is 1. The molecule has 1 saturated heterocycles.